The minimum Gasteiger partial charge on any atom is -0.315 e. The standard InChI is InChI=1S/C14H33N3/c1-7-9-17(11-10-16(5)6)14(13(3)4)12-15-8-2/h13-15H,7-12H2,1-6H3. The molecular formula is C14H33N3. The Bertz CT molecular complexity index is 169. The molecule has 1 N–H and O–H groups in total. The number of hydrogen-bond acceptors (Lipinski definition) is 3. The van der Waals surface area contributed by atoms with Crippen LogP contribution in [-0.4, -0.2) is 62.7 Å². The molecule has 0 rings (SSSR count). The summed E-state index contributed by atoms with van der Waals surface area (Å²) >= 11 is 0. The molecule has 1 unspecified atom stereocenters. The van der Waals surface area contributed by atoms with Crippen LogP contribution in [0.15, 0.2) is 0 Å². The fourth-order valence-electron chi connectivity index (χ4n) is 2.14. The number of rotatable bonds is 10. The van der Waals surface area contributed by atoms with Crippen molar-refractivity contribution in [2.75, 3.05) is 46.8 Å². The Kier molecular flexibility index (Phi) is 9.79. The van der Waals surface area contributed by atoms with Gasteiger partial charge in [-0.05, 0) is 39.5 Å². The molecule has 104 valence electrons. The van der Waals surface area contributed by atoms with Gasteiger partial charge in [0.1, 0.15) is 0 Å². The van der Waals surface area contributed by atoms with Crippen LogP contribution in [-0.2, 0) is 0 Å². The molecule has 0 fully saturated rings. The van der Waals surface area contributed by atoms with Gasteiger partial charge in [-0.25, -0.2) is 0 Å². The monoisotopic (exact) mass is 243 g/mol. The Morgan fingerprint density at radius 1 is 1.00 bits per heavy atom. The molecule has 0 aromatic carbocycles. The van der Waals surface area contributed by atoms with E-state index < -0.39 is 0 Å². The van der Waals surface area contributed by atoms with Gasteiger partial charge in [0.25, 0.3) is 0 Å². The second-order valence-corrected chi connectivity index (χ2v) is 5.46. The highest BCUT2D eigenvalue weighted by atomic mass is 15.2. The van der Waals surface area contributed by atoms with E-state index >= 15 is 0 Å². The number of likely N-dealkylation sites (N-methyl/N-ethyl adjacent to an activating group) is 2. The number of hydrogen-bond donors (Lipinski definition) is 1. The minimum absolute atomic E-state index is 0.662. The first-order valence-corrected chi connectivity index (χ1v) is 7.12. The third-order valence-electron chi connectivity index (χ3n) is 3.19. The van der Waals surface area contributed by atoms with Gasteiger partial charge in [-0.1, -0.05) is 27.7 Å². The van der Waals surface area contributed by atoms with Crippen molar-refractivity contribution in [2.24, 2.45) is 5.92 Å². The zero-order chi connectivity index (χ0) is 13.3. The quantitative estimate of drug-likeness (QED) is 0.632. The van der Waals surface area contributed by atoms with Crippen LogP contribution in [0, 0.1) is 5.92 Å². The largest absolute Gasteiger partial charge is 0.315 e. The number of nitrogens with one attached hydrogen (secondary N) is 1. The van der Waals surface area contributed by atoms with E-state index in [1.54, 1.807) is 0 Å². The molecule has 0 saturated carbocycles. The van der Waals surface area contributed by atoms with Gasteiger partial charge in [-0.3, -0.25) is 4.90 Å². The Labute approximate surface area is 109 Å². The van der Waals surface area contributed by atoms with Gasteiger partial charge in [-0.2, -0.15) is 0 Å². The first-order chi connectivity index (χ1) is 8.02. The van der Waals surface area contributed by atoms with E-state index in [1.807, 2.05) is 0 Å². The van der Waals surface area contributed by atoms with Crippen molar-refractivity contribution in [3.8, 4) is 0 Å². The van der Waals surface area contributed by atoms with Gasteiger partial charge in [0.15, 0.2) is 0 Å². The molecule has 0 amide bonds. The van der Waals surface area contributed by atoms with Gasteiger partial charge in [0.2, 0.25) is 0 Å². The Balaban J connectivity index is 4.35. The lowest BCUT2D eigenvalue weighted by Crippen LogP contribution is -2.48. The first-order valence-electron chi connectivity index (χ1n) is 7.12. The SMILES string of the molecule is CCCN(CCN(C)C)C(CNCC)C(C)C. The molecule has 0 aliphatic rings. The normalized spacial score (nSPS) is 13.9. The Morgan fingerprint density at radius 3 is 2.06 bits per heavy atom. The average molecular weight is 243 g/mol. The highest BCUT2D eigenvalue weighted by Gasteiger charge is 2.20. The Hall–Kier alpha value is -0.120. The third kappa shape index (κ3) is 7.74. The van der Waals surface area contributed by atoms with Crippen LogP contribution in [0.1, 0.15) is 34.1 Å². The molecule has 0 spiro atoms. The van der Waals surface area contributed by atoms with Crippen molar-refractivity contribution in [1.29, 1.82) is 0 Å². The molecule has 0 saturated heterocycles. The average Bonchev–Trinajstić information content (AvgIpc) is 2.25. The van der Waals surface area contributed by atoms with Crippen LogP contribution in [0.2, 0.25) is 0 Å². The summed E-state index contributed by atoms with van der Waals surface area (Å²) in [6.07, 6.45) is 1.24. The molecule has 1 atom stereocenters. The molecule has 0 aliphatic carbocycles. The molecule has 0 aliphatic heterocycles. The molecule has 0 radical (unpaired) electrons. The predicted molar refractivity (Wildman–Crippen MR) is 77.6 cm³/mol. The van der Waals surface area contributed by atoms with Crippen molar-refractivity contribution in [3.05, 3.63) is 0 Å². The minimum atomic E-state index is 0.662. The fourth-order valence-corrected chi connectivity index (χ4v) is 2.14. The first kappa shape index (κ1) is 16.9. The van der Waals surface area contributed by atoms with E-state index in [0.29, 0.717) is 12.0 Å². The zero-order valence-corrected chi connectivity index (χ0v) is 12.8. The maximum Gasteiger partial charge on any atom is 0.0244 e. The van der Waals surface area contributed by atoms with Crippen molar-refractivity contribution < 1.29 is 0 Å². The van der Waals surface area contributed by atoms with Crippen LogP contribution in [0.5, 0.6) is 0 Å². The van der Waals surface area contributed by atoms with E-state index in [4.69, 9.17) is 0 Å². The van der Waals surface area contributed by atoms with Gasteiger partial charge in [0.05, 0.1) is 0 Å². The van der Waals surface area contributed by atoms with E-state index in [2.05, 4.69) is 56.9 Å². The zero-order valence-electron chi connectivity index (χ0n) is 12.8. The van der Waals surface area contributed by atoms with Crippen LogP contribution >= 0.6 is 0 Å². The van der Waals surface area contributed by atoms with Crippen LogP contribution in [0.25, 0.3) is 0 Å². The Morgan fingerprint density at radius 2 is 1.65 bits per heavy atom. The lowest BCUT2D eigenvalue weighted by atomic mass is 10.0. The van der Waals surface area contributed by atoms with Crippen LogP contribution < -0.4 is 5.32 Å². The van der Waals surface area contributed by atoms with Crippen molar-refractivity contribution in [3.63, 3.8) is 0 Å². The summed E-state index contributed by atoms with van der Waals surface area (Å²) in [5.74, 6) is 0.711. The summed E-state index contributed by atoms with van der Waals surface area (Å²) < 4.78 is 0. The summed E-state index contributed by atoms with van der Waals surface area (Å²) in [5.41, 5.74) is 0. The van der Waals surface area contributed by atoms with Crippen molar-refractivity contribution in [2.45, 2.75) is 40.2 Å². The van der Waals surface area contributed by atoms with Gasteiger partial charge in [0, 0.05) is 25.7 Å². The van der Waals surface area contributed by atoms with Gasteiger partial charge < -0.3 is 10.2 Å². The maximum absolute atomic E-state index is 3.50. The van der Waals surface area contributed by atoms with Gasteiger partial charge in [-0.15, -0.1) is 0 Å². The van der Waals surface area contributed by atoms with E-state index in [9.17, 15) is 0 Å². The molecule has 0 aromatic heterocycles. The second-order valence-electron chi connectivity index (χ2n) is 5.46. The third-order valence-corrected chi connectivity index (χ3v) is 3.19. The smallest absolute Gasteiger partial charge is 0.0244 e. The summed E-state index contributed by atoms with van der Waals surface area (Å²) in [6.45, 7) is 14.8. The number of nitrogens with zero attached hydrogens (tertiary/aromatic N) is 2. The molecular weight excluding hydrogens is 210 g/mol. The molecule has 17 heavy (non-hydrogen) atoms. The molecule has 0 aromatic rings. The fraction of sp³-hybridized carbons (Fsp3) is 1.00. The van der Waals surface area contributed by atoms with Crippen LogP contribution in [0.4, 0.5) is 0 Å². The lowest BCUT2D eigenvalue weighted by Gasteiger charge is -2.35. The summed E-state index contributed by atoms with van der Waals surface area (Å²) in [4.78, 5) is 4.92. The van der Waals surface area contributed by atoms with Crippen molar-refractivity contribution >= 4 is 0 Å². The van der Waals surface area contributed by atoms with E-state index in [0.717, 1.165) is 19.6 Å². The highest BCUT2D eigenvalue weighted by Crippen LogP contribution is 2.11. The van der Waals surface area contributed by atoms with Gasteiger partial charge >= 0.3 is 0 Å². The highest BCUT2D eigenvalue weighted by molar-refractivity contribution is 4.77. The maximum atomic E-state index is 3.50. The van der Waals surface area contributed by atoms with E-state index in [1.165, 1.54) is 19.5 Å². The molecule has 3 heteroatoms. The molecule has 3 nitrogen and oxygen atoms in total. The molecule has 0 bridgehead atoms. The lowest BCUT2D eigenvalue weighted by molar-refractivity contribution is 0.140. The summed E-state index contributed by atoms with van der Waals surface area (Å²) in [6, 6.07) is 0.662. The van der Waals surface area contributed by atoms with E-state index in [-0.39, 0.29) is 0 Å². The summed E-state index contributed by atoms with van der Waals surface area (Å²) in [5, 5.41) is 3.50. The second kappa shape index (κ2) is 9.86. The van der Waals surface area contributed by atoms with Crippen molar-refractivity contribution in [1.82, 2.24) is 15.1 Å². The summed E-state index contributed by atoms with van der Waals surface area (Å²) in [7, 11) is 4.30. The predicted octanol–water partition coefficient (Wildman–Crippen LogP) is 1.89. The van der Waals surface area contributed by atoms with Crippen LogP contribution in [0.3, 0.4) is 0 Å². The topological polar surface area (TPSA) is 18.5 Å². The molecule has 0 heterocycles.